The molecule has 1 aromatic carbocycles. The maximum Gasteiger partial charge on any atom is 0.123 e. The summed E-state index contributed by atoms with van der Waals surface area (Å²) >= 11 is 0. The van der Waals surface area contributed by atoms with E-state index >= 15 is 0 Å². The fourth-order valence-corrected chi connectivity index (χ4v) is 2.10. The summed E-state index contributed by atoms with van der Waals surface area (Å²) in [6, 6.07) is 6.71. The van der Waals surface area contributed by atoms with Gasteiger partial charge in [-0.3, -0.25) is 0 Å². The lowest BCUT2D eigenvalue weighted by molar-refractivity contribution is 0.368. The lowest BCUT2D eigenvalue weighted by Gasteiger charge is -2.28. The smallest absolute Gasteiger partial charge is 0.123 e. The molecule has 1 aliphatic carbocycles. The molecule has 0 bridgehead atoms. The van der Waals surface area contributed by atoms with Gasteiger partial charge in [-0.2, -0.15) is 0 Å². The summed E-state index contributed by atoms with van der Waals surface area (Å²) in [5, 5.41) is 0. The van der Waals surface area contributed by atoms with Gasteiger partial charge in [0, 0.05) is 5.54 Å². The van der Waals surface area contributed by atoms with Gasteiger partial charge in [0.25, 0.3) is 0 Å². The molecule has 1 unspecified atom stereocenters. The molecule has 0 amide bonds. The van der Waals surface area contributed by atoms with Crippen LogP contribution in [0.4, 0.5) is 4.39 Å². The largest absolute Gasteiger partial charge is 0.321 e. The predicted octanol–water partition coefficient (Wildman–Crippen LogP) is 2.80. The van der Waals surface area contributed by atoms with Crippen molar-refractivity contribution in [3.05, 3.63) is 35.6 Å². The standard InChI is InChI=1S/C12H16FN/c1-2-12(14,9-6-7-9)10-4-3-5-11(13)8-10/h3-5,8-9H,2,6-7,14H2,1H3. The molecular weight excluding hydrogens is 177 g/mol. The highest BCUT2D eigenvalue weighted by molar-refractivity contribution is 5.27. The van der Waals surface area contributed by atoms with Gasteiger partial charge in [-0.05, 0) is 42.9 Å². The van der Waals surface area contributed by atoms with Crippen LogP contribution in [0.1, 0.15) is 31.7 Å². The van der Waals surface area contributed by atoms with Crippen LogP contribution in [0.25, 0.3) is 0 Å². The maximum absolute atomic E-state index is 13.1. The van der Waals surface area contributed by atoms with Crippen molar-refractivity contribution in [1.29, 1.82) is 0 Å². The van der Waals surface area contributed by atoms with Crippen LogP contribution in [-0.2, 0) is 5.54 Å². The van der Waals surface area contributed by atoms with Crippen molar-refractivity contribution >= 4 is 0 Å². The molecule has 0 saturated heterocycles. The lowest BCUT2D eigenvalue weighted by Crippen LogP contribution is -2.38. The summed E-state index contributed by atoms with van der Waals surface area (Å²) in [5.74, 6) is 0.362. The van der Waals surface area contributed by atoms with Crippen molar-refractivity contribution in [2.75, 3.05) is 0 Å². The highest BCUT2D eigenvalue weighted by atomic mass is 19.1. The van der Waals surface area contributed by atoms with Gasteiger partial charge < -0.3 is 5.73 Å². The number of rotatable bonds is 3. The Morgan fingerprint density at radius 2 is 2.21 bits per heavy atom. The molecule has 0 aliphatic heterocycles. The van der Waals surface area contributed by atoms with E-state index in [1.807, 2.05) is 6.07 Å². The van der Waals surface area contributed by atoms with Gasteiger partial charge in [0.05, 0.1) is 0 Å². The van der Waals surface area contributed by atoms with Crippen molar-refractivity contribution in [2.24, 2.45) is 11.7 Å². The third kappa shape index (κ3) is 1.55. The SMILES string of the molecule is CCC(N)(c1cccc(F)c1)C1CC1. The molecule has 14 heavy (non-hydrogen) atoms. The van der Waals surface area contributed by atoms with Gasteiger partial charge in [0.1, 0.15) is 5.82 Å². The van der Waals surface area contributed by atoms with Crippen molar-refractivity contribution in [3.8, 4) is 0 Å². The minimum absolute atomic E-state index is 0.188. The number of hydrogen-bond donors (Lipinski definition) is 1. The normalized spacial score (nSPS) is 20.5. The first kappa shape index (κ1) is 9.66. The Morgan fingerprint density at radius 1 is 1.50 bits per heavy atom. The van der Waals surface area contributed by atoms with Crippen LogP contribution in [0.5, 0.6) is 0 Å². The van der Waals surface area contributed by atoms with E-state index in [0.29, 0.717) is 5.92 Å². The quantitative estimate of drug-likeness (QED) is 0.784. The number of nitrogens with two attached hydrogens (primary N) is 1. The fourth-order valence-electron chi connectivity index (χ4n) is 2.10. The fraction of sp³-hybridized carbons (Fsp3) is 0.500. The van der Waals surface area contributed by atoms with Gasteiger partial charge in [-0.1, -0.05) is 19.1 Å². The Kier molecular flexibility index (Phi) is 2.31. The van der Waals surface area contributed by atoms with Gasteiger partial charge >= 0.3 is 0 Å². The molecule has 0 heterocycles. The summed E-state index contributed by atoms with van der Waals surface area (Å²) in [6.45, 7) is 2.07. The van der Waals surface area contributed by atoms with Crippen LogP contribution in [0.2, 0.25) is 0 Å². The summed E-state index contributed by atoms with van der Waals surface area (Å²) in [5.41, 5.74) is 6.97. The highest BCUT2D eigenvalue weighted by Crippen LogP contribution is 2.45. The van der Waals surface area contributed by atoms with Crippen molar-refractivity contribution in [3.63, 3.8) is 0 Å². The summed E-state index contributed by atoms with van der Waals surface area (Å²) in [7, 11) is 0. The van der Waals surface area contributed by atoms with E-state index in [4.69, 9.17) is 5.73 Å². The van der Waals surface area contributed by atoms with Crippen LogP contribution in [-0.4, -0.2) is 0 Å². The second-order valence-corrected chi connectivity index (χ2v) is 4.18. The summed E-state index contributed by atoms with van der Waals surface area (Å²) in [6.07, 6.45) is 3.24. The van der Waals surface area contributed by atoms with Gasteiger partial charge in [0.2, 0.25) is 0 Å². The van der Waals surface area contributed by atoms with E-state index in [2.05, 4.69) is 6.92 Å². The second-order valence-electron chi connectivity index (χ2n) is 4.18. The average Bonchev–Trinajstić information content (AvgIpc) is 3.00. The molecule has 1 atom stereocenters. The minimum Gasteiger partial charge on any atom is -0.321 e. The summed E-state index contributed by atoms with van der Waals surface area (Å²) < 4.78 is 13.1. The van der Waals surface area contributed by atoms with E-state index in [1.165, 1.54) is 18.9 Å². The molecule has 1 saturated carbocycles. The Bertz CT molecular complexity index is 333. The van der Waals surface area contributed by atoms with Crippen LogP contribution < -0.4 is 5.73 Å². The minimum atomic E-state index is -0.303. The number of benzene rings is 1. The molecule has 0 radical (unpaired) electrons. The molecule has 0 aromatic heterocycles. The number of halogens is 1. The topological polar surface area (TPSA) is 26.0 Å². The van der Waals surface area contributed by atoms with E-state index in [1.54, 1.807) is 12.1 Å². The molecule has 1 aliphatic rings. The van der Waals surface area contributed by atoms with Crippen LogP contribution in [0.3, 0.4) is 0 Å². The first-order valence-corrected chi connectivity index (χ1v) is 5.21. The van der Waals surface area contributed by atoms with Gasteiger partial charge in [0.15, 0.2) is 0 Å². The molecule has 2 N–H and O–H groups in total. The molecule has 76 valence electrons. The maximum atomic E-state index is 13.1. The zero-order valence-corrected chi connectivity index (χ0v) is 8.46. The third-order valence-corrected chi connectivity index (χ3v) is 3.25. The van der Waals surface area contributed by atoms with Crippen LogP contribution in [0, 0.1) is 11.7 Å². The van der Waals surface area contributed by atoms with E-state index < -0.39 is 0 Å². The summed E-state index contributed by atoms with van der Waals surface area (Å²) in [4.78, 5) is 0. The second kappa shape index (κ2) is 3.35. The molecular formula is C12H16FN. The Morgan fingerprint density at radius 3 is 2.71 bits per heavy atom. The number of hydrogen-bond acceptors (Lipinski definition) is 1. The van der Waals surface area contributed by atoms with E-state index in [0.717, 1.165) is 12.0 Å². The molecule has 0 spiro atoms. The monoisotopic (exact) mass is 193 g/mol. The molecule has 1 nitrogen and oxygen atoms in total. The van der Waals surface area contributed by atoms with Crippen molar-refractivity contribution in [1.82, 2.24) is 0 Å². The van der Waals surface area contributed by atoms with Crippen LogP contribution >= 0.6 is 0 Å². The molecule has 1 aromatic rings. The molecule has 2 heteroatoms. The lowest BCUT2D eigenvalue weighted by atomic mass is 9.83. The van der Waals surface area contributed by atoms with E-state index in [-0.39, 0.29) is 11.4 Å². The van der Waals surface area contributed by atoms with Crippen molar-refractivity contribution < 1.29 is 4.39 Å². The average molecular weight is 193 g/mol. The predicted molar refractivity (Wildman–Crippen MR) is 55.3 cm³/mol. The molecule has 2 rings (SSSR count). The Balaban J connectivity index is 2.35. The van der Waals surface area contributed by atoms with Crippen LogP contribution in [0.15, 0.2) is 24.3 Å². The van der Waals surface area contributed by atoms with Gasteiger partial charge in [-0.15, -0.1) is 0 Å². The Labute approximate surface area is 84.1 Å². The third-order valence-electron chi connectivity index (χ3n) is 3.25. The zero-order valence-electron chi connectivity index (χ0n) is 8.46. The first-order valence-electron chi connectivity index (χ1n) is 5.21. The van der Waals surface area contributed by atoms with Gasteiger partial charge in [-0.25, -0.2) is 4.39 Å². The molecule has 1 fully saturated rings. The zero-order chi connectivity index (χ0) is 10.2. The van der Waals surface area contributed by atoms with Crippen molar-refractivity contribution in [2.45, 2.75) is 31.7 Å². The first-order chi connectivity index (χ1) is 6.66. The Hall–Kier alpha value is -0.890. The van der Waals surface area contributed by atoms with E-state index in [9.17, 15) is 4.39 Å². The highest BCUT2D eigenvalue weighted by Gasteiger charge is 2.42.